The third kappa shape index (κ3) is 3.69. The van der Waals surface area contributed by atoms with Crippen LogP contribution in [-0.4, -0.2) is 27.2 Å². The summed E-state index contributed by atoms with van der Waals surface area (Å²) >= 11 is 0. The van der Waals surface area contributed by atoms with Crippen LogP contribution in [0, 0.1) is 24.1 Å². The number of nitrogens with one attached hydrogen (secondary N) is 1. The van der Waals surface area contributed by atoms with E-state index in [-0.39, 0.29) is 5.82 Å². The minimum Gasteiger partial charge on any atom is -0.313 e. The minimum atomic E-state index is -0.385. The van der Waals surface area contributed by atoms with Gasteiger partial charge in [-0.2, -0.15) is 10.4 Å². The van der Waals surface area contributed by atoms with Crippen molar-refractivity contribution in [3.8, 4) is 28.6 Å². The number of nitrogens with zero attached hydrogens (tertiary/aromatic N) is 5. The molecule has 7 heteroatoms. The van der Waals surface area contributed by atoms with E-state index < -0.39 is 0 Å². The van der Waals surface area contributed by atoms with Crippen molar-refractivity contribution in [1.82, 2.24) is 20.2 Å². The van der Waals surface area contributed by atoms with Crippen LogP contribution in [0.15, 0.2) is 60.9 Å². The summed E-state index contributed by atoms with van der Waals surface area (Å²) in [6.45, 7) is 1.98. The van der Waals surface area contributed by atoms with Crippen molar-refractivity contribution in [3.63, 3.8) is 0 Å². The SMILES string of the molecule is Cc1cc(C#N)ccc1-c1ccnc(N(C)c2cc(-c3ccc(F)cn3)[nH]n2)c1. The average molecular weight is 384 g/mol. The van der Waals surface area contributed by atoms with Gasteiger partial charge >= 0.3 is 0 Å². The second-order valence-electron chi connectivity index (χ2n) is 6.60. The van der Waals surface area contributed by atoms with E-state index in [1.165, 1.54) is 12.3 Å². The molecule has 6 nitrogen and oxygen atoms in total. The molecular weight excluding hydrogens is 367 g/mol. The lowest BCUT2D eigenvalue weighted by atomic mass is 9.99. The van der Waals surface area contributed by atoms with Gasteiger partial charge in [0.25, 0.3) is 0 Å². The lowest BCUT2D eigenvalue weighted by Crippen LogP contribution is -2.11. The van der Waals surface area contributed by atoms with Crippen LogP contribution in [0.25, 0.3) is 22.5 Å². The van der Waals surface area contributed by atoms with Crippen molar-refractivity contribution < 1.29 is 4.39 Å². The highest BCUT2D eigenvalue weighted by Crippen LogP contribution is 2.29. The number of rotatable bonds is 4. The molecule has 0 aliphatic carbocycles. The Balaban J connectivity index is 1.63. The molecule has 3 heterocycles. The van der Waals surface area contributed by atoms with Crippen molar-refractivity contribution in [1.29, 1.82) is 5.26 Å². The van der Waals surface area contributed by atoms with Crippen LogP contribution >= 0.6 is 0 Å². The molecule has 0 radical (unpaired) electrons. The van der Waals surface area contributed by atoms with Gasteiger partial charge in [0.05, 0.1) is 29.2 Å². The van der Waals surface area contributed by atoms with Crippen molar-refractivity contribution in [2.75, 3.05) is 11.9 Å². The number of pyridine rings is 2. The molecule has 1 N–H and O–H groups in total. The van der Waals surface area contributed by atoms with Crippen molar-refractivity contribution >= 4 is 11.6 Å². The Kier molecular flexibility index (Phi) is 4.75. The van der Waals surface area contributed by atoms with E-state index in [1.54, 1.807) is 12.3 Å². The molecule has 3 aromatic heterocycles. The van der Waals surface area contributed by atoms with E-state index >= 15 is 0 Å². The number of hydrogen-bond acceptors (Lipinski definition) is 5. The lowest BCUT2D eigenvalue weighted by Gasteiger charge is -2.16. The number of nitriles is 1. The molecule has 0 aliphatic heterocycles. The zero-order valence-corrected chi connectivity index (χ0v) is 15.9. The van der Waals surface area contributed by atoms with E-state index in [0.29, 0.717) is 22.8 Å². The Bertz CT molecular complexity index is 1210. The molecule has 29 heavy (non-hydrogen) atoms. The maximum absolute atomic E-state index is 13.1. The number of benzene rings is 1. The Morgan fingerprint density at radius 1 is 1.03 bits per heavy atom. The quantitative estimate of drug-likeness (QED) is 0.555. The molecule has 0 amide bonds. The van der Waals surface area contributed by atoms with Crippen LogP contribution in [0.3, 0.4) is 0 Å². The molecule has 4 rings (SSSR count). The average Bonchev–Trinajstić information content (AvgIpc) is 3.24. The smallest absolute Gasteiger partial charge is 0.156 e. The fourth-order valence-corrected chi connectivity index (χ4v) is 3.09. The second kappa shape index (κ2) is 7.52. The molecule has 4 aromatic rings. The topological polar surface area (TPSA) is 81.5 Å². The number of aromatic amines is 1. The first-order chi connectivity index (χ1) is 14.0. The predicted octanol–water partition coefficient (Wildman–Crippen LogP) is 4.62. The number of aryl methyl sites for hydroxylation is 1. The van der Waals surface area contributed by atoms with Crippen LogP contribution in [0.2, 0.25) is 0 Å². The third-order valence-corrected chi connectivity index (χ3v) is 4.67. The highest BCUT2D eigenvalue weighted by Gasteiger charge is 2.13. The summed E-state index contributed by atoms with van der Waals surface area (Å²) in [6.07, 6.45) is 2.92. The first-order valence-electron chi connectivity index (χ1n) is 8.93. The third-order valence-electron chi connectivity index (χ3n) is 4.67. The van der Waals surface area contributed by atoms with Crippen molar-refractivity contribution in [2.45, 2.75) is 6.92 Å². The Morgan fingerprint density at radius 2 is 1.90 bits per heavy atom. The van der Waals surface area contributed by atoms with Gasteiger partial charge in [-0.15, -0.1) is 0 Å². The second-order valence-corrected chi connectivity index (χ2v) is 6.60. The van der Waals surface area contributed by atoms with E-state index in [1.807, 2.05) is 55.3 Å². The highest BCUT2D eigenvalue weighted by molar-refractivity contribution is 5.72. The number of aromatic nitrogens is 4. The molecule has 0 saturated heterocycles. The molecule has 0 saturated carbocycles. The zero-order chi connectivity index (χ0) is 20.4. The molecule has 0 spiro atoms. The highest BCUT2D eigenvalue weighted by atomic mass is 19.1. The van der Waals surface area contributed by atoms with Gasteiger partial charge < -0.3 is 4.90 Å². The number of halogens is 1. The normalized spacial score (nSPS) is 10.6. The van der Waals surface area contributed by atoms with Crippen LogP contribution in [0.4, 0.5) is 16.0 Å². The Hall–Kier alpha value is -4.05. The number of anilines is 2. The minimum absolute atomic E-state index is 0.385. The van der Waals surface area contributed by atoms with Gasteiger partial charge in [0, 0.05) is 19.3 Å². The number of hydrogen-bond donors (Lipinski definition) is 1. The van der Waals surface area contributed by atoms with Crippen molar-refractivity contribution in [2.24, 2.45) is 0 Å². The van der Waals surface area contributed by atoms with Gasteiger partial charge in [0.15, 0.2) is 5.82 Å². The molecule has 0 fully saturated rings. The predicted molar refractivity (Wildman–Crippen MR) is 109 cm³/mol. The zero-order valence-electron chi connectivity index (χ0n) is 15.9. The fourth-order valence-electron chi connectivity index (χ4n) is 3.09. The lowest BCUT2D eigenvalue weighted by molar-refractivity contribution is 0.622. The van der Waals surface area contributed by atoms with E-state index in [2.05, 4.69) is 26.2 Å². The van der Waals surface area contributed by atoms with E-state index in [4.69, 9.17) is 5.26 Å². The monoisotopic (exact) mass is 384 g/mol. The molecule has 0 atom stereocenters. The van der Waals surface area contributed by atoms with Gasteiger partial charge in [-0.05, 0) is 60.0 Å². The first kappa shape index (κ1) is 18.3. The summed E-state index contributed by atoms with van der Waals surface area (Å²) in [5.41, 5.74) is 4.99. The molecule has 1 aromatic carbocycles. The molecular formula is C22H17FN6. The maximum Gasteiger partial charge on any atom is 0.156 e. The van der Waals surface area contributed by atoms with Crippen LogP contribution in [-0.2, 0) is 0 Å². The number of H-pyrrole nitrogens is 1. The van der Waals surface area contributed by atoms with E-state index in [9.17, 15) is 4.39 Å². The van der Waals surface area contributed by atoms with Crippen molar-refractivity contribution in [3.05, 3.63) is 77.9 Å². The Morgan fingerprint density at radius 3 is 2.62 bits per heavy atom. The standard InChI is InChI=1S/C22H17FN6/c1-14-9-15(12-24)3-5-18(14)16-7-8-25-21(10-16)29(2)22-11-20(27-28-22)19-6-4-17(23)13-26-19/h3-11,13H,1-2H3,(H,27,28). The van der Waals surface area contributed by atoms with Gasteiger partial charge in [0.2, 0.25) is 0 Å². The summed E-state index contributed by atoms with van der Waals surface area (Å²) in [5.74, 6) is 0.994. The molecule has 0 aliphatic rings. The largest absolute Gasteiger partial charge is 0.313 e. The maximum atomic E-state index is 13.1. The fraction of sp³-hybridized carbons (Fsp3) is 0.0909. The molecule has 0 unspecified atom stereocenters. The van der Waals surface area contributed by atoms with Gasteiger partial charge in [-0.25, -0.2) is 9.37 Å². The molecule has 0 bridgehead atoms. The van der Waals surface area contributed by atoms with Gasteiger partial charge in [-0.1, -0.05) is 6.07 Å². The van der Waals surface area contributed by atoms with Crippen LogP contribution in [0.5, 0.6) is 0 Å². The summed E-state index contributed by atoms with van der Waals surface area (Å²) in [7, 11) is 1.87. The Labute approximate surface area is 167 Å². The van der Waals surface area contributed by atoms with Gasteiger partial charge in [-0.3, -0.25) is 10.1 Å². The molecule has 142 valence electrons. The van der Waals surface area contributed by atoms with E-state index in [0.717, 1.165) is 22.5 Å². The van der Waals surface area contributed by atoms with Crippen LogP contribution < -0.4 is 4.90 Å². The van der Waals surface area contributed by atoms with Gasteiger partial charge in [0.1, 0.15) is 11.6 Å². The summed E-state index contributed by atoms with van der Waals surface area (Å²) in [5, 5.41) is 16.3. The summed E-state index contributed by atoms with van der Waals surface area (Å²) in [6, 6.07) is 16.5. The summed E-state index contributed by atoms with van der Waals surface area (Å²) < 4.78 is 13.1. The summed E-state index contributed by atoms with van der Waals surface area (Å²) in [4.78, 5) is 10.4. The first-order valence-corrected chi connectivity index (χ1v) is 8.93. The van der Waals surface area contributed by atoms with Crippen LogP contribution in [0.1, 0.15) is 11.1 Å².